The molecule has 0 aromatic carbocycles. The Morgan fingerprint density at radius 3 is 2.69 bits per heavy atom. The highest BCUT2D eigenvalue weighted by Gasteiger charge is 2.46. The molecule has 8 heteroatoms. The van der Waals surface area contributed by atoms with E-state index in [9.17, 15) is 4.79 Å². The van der Waals surface area contributed by atoms with Crippen LogP contribution in [0.25, 0.3) is 0 Å². The van der Waals surface area contributed by atoms with Crippen molar-refractivity contribution in [3.05, 3.63) is 18.0 Å². The normalized spacial score (nSPS) is 23.6. The number of methoxy groups -OCH3 is 1. The molecule has 2 aliphatic rings. The van der Waals surface area contributed by atoms with Crippen LogP contribution in [-0.4, -0.2) is 77.0 Å². The predicted molar refractivity (Wildman–Crippen MR) is 96.5 cm³/mol. The Labute approximate surface area is 154 Å². The van der Waals surface area contributed by atoms with Gasteiger partial charge in [-0.3, -0.25) is 19.2 Å². The average molecular weight is 366 g/mol. The average Bonchev–Trinajstić information content (AvgIpc) is 3.07. The highest BCUT2D eigenvalue weighted by Crippen LogP contribution is 2.41. The third-order valence-corrected chi connectivity index (χ3v) is 5.51. The number of hydrogen-bond donors (Lipinski definition) is 1. The number of ether oxygens (including phenoxy) is 1. The molecule has 8 nitrogen and oxygen atoms in total. The summed E-state index contributed by atoms with van der Waals surface area (Å²) in [5, 5.41) is 11.1. The van der Waals surface area contributed by atoms with Gasteiger partial charge in [0.2, 0.25) is 5.91 Å². The van der Waals surface area contributed by atoms with Gasteiger partial charge in [-0.25, -0.2) is 0 Å². The number of carboxylic acid groups (broad SMARTS) is 1. The Morgan fingerprint density at radius 1 is 1.31 bits per heavy atom. The molecule has 1 aromatic rings. The maximum atomic E-state index is 12.9. The number of hydrogen-bond acceptors (Lipinski definition) is 5. The van der Waals surface area contributed by atoms with Crippen LogP contribution in [0.4, 0.5) is 0 Å². The van der Waals surface area contributed by atoms with E-state index in [1.54, 1.807) is 7.11 Å². The smallest absolute Gasteiger partial charge is 0.290 e. The van der Waals surface area contributed by atoms with E-state index in [2.05, 4.69) is 16.1 Å². The maximum Gasteiger partial charge on any atom is 0.290 e. The second-order valence-electron chi connectivity index (χ2n) is 7.00. The van der Waals surface area contributed by atoms with Crippen molar-refractivity contribution in [2.24, 2.45) is 12.5 Å². The standard InChI is InChI=1S/C17H28N4O2.CH2O2/c1-19-15(4-8-18-19)14-20-9-3-5-17(6-10-20)7-11-21(16(17)22)12-13-23-2;2-1-3/h4,8H,3,5-7,9-14H2,1-2H3;1H,(H,2,3). The van der Waals surface area contributed by atoms with Crippen LogP contribution < -0.4 is 0 Å². The van der Waals surface area contributed by atoms with Gasteiger partial charge in [0.15, 0.2) is 0 Å². The first kappa shape index (κ1) is 20.4. The van der Waals surface area contributed by atoms with Crippen LogP contribution in [0.15, 0.2) is 12.3 Å². The highest BCUT2D eigenvalue weighted by atomic mass is 16.5. The summed E-state index contributed by atoms with van der Waals surface area (Å²) in [5.41, 5.74) is 1.12. The summed E-state index contributed by atoms with van der Waals surface area (Å²) < 4.78 is 7.07. The SMILES string of the molecule is COCCN1CCC2(CCCN(Cc3ccnn3C)CC2)C1=O.O=CO. The minimum absolute atomic E-state index is 0.116. The predicted octanol–water partition coefficient (Wildman–Crippen LogP) is 0.972. The molecular formula is C18H30N4O4. The Balaban J connectivity index is 0.000000758. The van der Waals surface area contributed by atoms with E-state index in [-0.39, 0.29) is 11.9 Å². The van der Waals surface area contributed by atoms with Gasteiger partial charge in [-0.2, -0.15) is 5.10 Å². The summed E-state index contributed by atoms with van der Waals surface area (Å²) in [5.74, 6) is 0.358. The van der Waals surface area contributed by atoms with E-state index in [1.807, 2.05) is 22.8 Å². The van der Waals surface area contributed by atoms with Crippen molar-refractivity contribution in [2.45, 2.75) is 32.2 Å². The fourth-order valence-corrected chi connectivity index (χ4v) is 3.97. The maximum absolute atomic E-state index is 12.9. The van der Waals surface area contributed by atoms with E-state index in [0.29, 0.717) is 12.5 Å². The van der Waals surface area contributed by atoms with Crippen molar-refractivity contribution in [3.8, 4) is 0 Å². The molecule has 0 radical (unpaired) electrons. The third kappa shape index (κ3) is 4.82. The minimum atomic E-state index is -0.250. The van der Waals surface area contributed by atoms with Gasteiger partial charge in [0, 0.05) is 40.0 Å². The highest BCUT2D eigenvalue weighted by molar-refractivity contribution is 5.84. The van der Waals surface area contributed by atoms with Crippen molar-refractivity contribution in [1.82, 2.24) is 19.6 Å². The second kappa shape index (κ2) is 9.68. The number of carbonyl (C=O) groups is 2. The lowest BCUT2D eigenvalue weighted by Gasteiger charge is -2.26. The lowest BCUT2D eigenvalue weighted by Crippen LogP contribution is -2.37. The number of likely N-dealkylation sites (tertiary alicyclic amines) is 2. The first-order valence-corrected chi connectivity index (χ1v) is 9.11. The molecule has 0 bridgehead atoms. The van der Waals surface area contributed by atoms with Gasteiger partial charge in [-0.15, -0.1) is 0 Å². The van der Waals surface area contributed by atoms with Crippen LogP contribution in [0.2, 0.25) is 0 Å². The minimum Gasteiger partial charge on any atom is -0.483 e. The van der Waals surface area contributed by atoms with E-state index < -0.39 is 0 Å². The molecule has 1 amide bonds. The van der Waals surface area contributed by atoms with Crippen LogP contribution in [0.3, 0.4) is 0 Å². The monoisotopic (exact) mass is 366 g/mol. The summed E-state index contributed by atoms with van der Waals surface area (Å²) in [6.07, 6.45) is 5.96. The van der Waals surface area contributed by atoms with Gasteiger partial charge in [0.05, 0.1) is 17.7 Å². The molecule has 2 saturated heterocycles. The first-order valence-electron chi connectivity index (χ1n) is 9.11. The fraction of sp³-hybridized carbons (Fsp3) is 0.722. The number of carbonyl (C=O) groups excluding carboxylic acids is 1. The zero-order valence-corrected chi connectivity index (χ0v) is 15.8. The summed E-state index contributed by atoms with van der Waals surface area (Å²) in [4.78, 5) is 25.7. The van der Waals surface area contributed by atoms with E-state index in [4.69, 9.17) is 14.6 Å². The number of aryl methyl sites for hydroxylation is 1. The van der Waals surface area contributed by atoms with E-state index in [1.165, 1.54) is 5.69 Å². The summed E-state index contributed by atoms with van der Waals surface area (Å²) in [6, 6.07) is 2.08. The summed E-state index contributed by atoms with van der Waals surface area (Å²) >= 11 is 0. The molecule has 1 spiro atoms. The van der Waals surface area contributed by atoms with E-state index >= 15 is 0 Å². The molecule has 1 atom stereocenters. The van der Waals surface area contributed by atoms with Crippen molar-refractivity contribution in [3.63, 3.8) is 0 Å². The Bertz CT molecular complexity index is 592. The lowest BCUT2D eigenvalue weighted by atomic mass is 9.79. The topological polar surface area (TPSA) is 87.9 Å². The number of amides is 1. The van der Waals surface area contributed by atoms with E-state index in [0.717, 1.165) is 58.4 Å². The van der Waals surface area contributed by atoms with Crippen LogP contribution in [-0.2, 0) is 27.9 Å². The van der Waals surface area contributed by atoms with Crippen LogP contribution in [0.5, 0.6) is 0 Å². The van der Waals surface area contributed by atoms with Crippen molar-refractivity contribution in [2.75, 3.05) is 39.9 Å². The first-order chi connectivity index (χ1) is 12.6. The van der Waals surface area contributed by atoms with Gasteiger partial charge < -0.3 is 14.7 Å². The van der Waals surface area contributed by atoms with Gasteiger partial charge in [-0.1, -0.05) is 0 Å². The molecule has 3 rings (SSSR count). The molecule has 2 fully saturated rings. The molecular weight excluding hydrogens is 336 g/mol. The number of nitrogens with zero attached hydrogens (tertiary/aromatic N) is 4. The Kier molecular flexibility index (Phi) is 7.59. The van der Waals surface area contributed by atoms with Gasteiger partial charge in [0.1, 0.15) is 0 Å². The van der Waals surface area contributed by atoms with Crippen LogP contribution >= 0.6 is 0 Å². The molecule has 0 saturated carbocycles. The molecule has 0 aliphatic carbocycles. The number of aromatic nitrogens is 2. The number of rotatable bonds is 5. The van der Waals surface area contributed by atoms with Gasteiger partial charge >= 0.3 is 0 Å². The summed E-state index contributed by atoms with van der Waals surface area (Å²) in [7, 11) is 3.68. The fourth-order valence-electron chi connectivity index (χ4n) is 3.97. The zero-order chi connectivity index (χ0) is 19.0. The second-order valence-corrected chi connectivity index (χ2v) is 7.00. The van der Waals surface area contributed by atoms with Crippen molar-refractivity contribution >= 4 is 12.4 Å². The summed E-state index contributed by atoms with van der Waals surface area (Å²) in [6.45, 7) is 5.00. The molecule has 146 valence electrons. The van der Waals surface area contributed by atoms with Crippen LogP contribution in [0.1, 0.15) is 31.4 Å². The van der Waals surface area contributed by atoms with Gasteiger partial charge in [0.25, 0.3) is 6.47 Å². The zero-order valence-electron chi connectivity index (χ0n) is 15.8. The molecule has 26 heavy (non-hydrogen) atoms. The molecule has 1 unspecified atom stereocenters. The molecule has 1 N–H and O–H groups in total. The third-order valence-electron chi connectivity index (χ3n) is 5.51. The lowest BCUT2D eigenvalue weighted by molar-refractivity contribution is -0.137. The Hall–Kier alpha value is -1.93. The Morgan fingerprint density at radius 2 is 2.04 bits per heavy atom. The quantitative estimate of drug-likeness (QED) is 0.782. The van der Waals surface area contributed by atoms with Crippen molar-refractivity contribution in [1.29, 1.82) is 0 Å². The van der Waals surface area contributed by atoms with Crippen molar-refractivity contribution < 1.29 is 19.4 Å². The largest absolute Gasteiger partial charge is 0.483 e. The van der Waals surface area contributed by atoms with Gasteiger partial charge in [-0.05, 0) is 44.8 Å². The molecule has 2 aliphatic heterocycles. The molecule has 1 aromatic heterocycles. The van der Waals surface area contributed by atoms with Crippen LogP contribution in [0, 0.1) is 5.41 Å². The molecule has 3 heterocycles.